The highest BCUT2D eigenvalue weighted by Crippen LogP contribution is 2.32. The number of fused-ring (bicyclic) bond motifs is 1. The average Bonchev–Trinajstić information content (AvgIpc) is 3.91. The first kappa shape index (κ1) is 42.7. The van der Waals surface area contributed by atoms with Crippen LogP contribution in [0.25, 0.3) is 33.8 Å². The van der Waals surface area contributed by atoms with Gasteiger partial charge in [-0.2, -0.15) is 0 Å². The van der Waals surface area contributed by atoms with Crippen molar-refractivity contribution < 1.29 is 52.3 Å². The Balaban J connectivity index is 0.762. The maximum atomic E-state index is 13.0. The first-order valence-electron chi connectivity index (χ1n) is 19.6. The van der Waals surface area contributed by atoms with Crippen LogP contribution in [0.1, 0.15) is 54.3 Å². The van der Waals surface area contributed by atoms with E-state index in [-0.39, 0.29) is 80.6 Å². The van der Waals surface area contributed by atoms with Crippen molar-refractivity contribution in [1.82, 2.24) is 25.8 Å². The van der Waals surface area contributed by atoms with E-state index in [9.17, 15) is 38.9 Å². The van der Waals surface area contributed by atoms with Gasteiger partial charge in [0.2, 0.25) is 11.8 Å². The first-order chi connectivity index (χ1) is 30.1. The molecule has 6 amide bonds. The minimum absolute atomic E-state index is 0.00824. The Labute approximate surface area is 353 Å². The molecule has 0 radical (unpaired) electrons. The van der Waals surface area contributed by atoms with Gasteiger partial charge in [0.15, 0.2) is 5.76 Å². The van der Waals surface area contributed by atoms with E-state index in [0.717, 1.165) is 16.0 Å². The maximum absolute atomic E-state index is 13.0. The molecule has 2 aliphatic heterocycles. The smallest absolute Gasteiger partial charge is 0.269 e. The molecule has 18 nitrogen and oxygen atoms in total. The lowest BCUT2D eigenvalue weighted by Crippen LogP contribution is -2.54. The lowest BCUT2D eigenvalue weighted by molar-refractivity contribution is -0.384. The fourth-order valence-electron chi connectivity index (χ4n) is 6.80. The van der Waals surface area contributed by atoms with E-state index in [1.165, 1.54) is 30.3 Å². The van der Waals surface area contributed by atoms with Crippen LogP contribution in [0.3, 0.4) is 0 Å². The number of hydrogen-bond donors (Lipinski definition) is 3. The number of benzene rings is 3. The Morgan fingerprint density at radius 1 is 0.726 bits per heavy atom. The number of hydrogen-bond acceptors (Lipinski definition) is 13. The number of amides is 6. The lowest BCUT2D eigenvalue weighted by atomic mass is 10.00. The van der Waals surface area contributed by atoms with Crippen molar-refractivity contribution in [3.8, 4) is 33.8 Å². The molecule has 1 fully saturated rings. The number of furan rings is 1. The number of carbonyl (C=O) groups is 6. The Bertz CT molecular complexity index is 2490. The Morgan fingerprint density at radius 2 is 1.32 bits per heavy atom. The number of piperidine rings is 1. The summed E-state index contributed by atoms with van der Waals surface area (Å²) in [7, 11) is 0. The topological polar surface area (TPSA) is 239 Å². The molecule has 0 spiro atoms. The monoisotopic (exact) mass is 844 g/mol. The van der Waals surface area contributed by atoms with Crippen molar-refractivity contribution >= 4 is 41.1 Å². The Kier molecular flexibility index (Phi) is 13.6. The molecule has 18 heteroatoms. The SMILES string of the molecule is O=C1CCC(N2C(=O)c3ccc(C(=O)NCCOCCOCCOCCNC(=O)c4ccc(-c5cc(-c6ccc([N+](=O)[O-])cc6)nc(-c6ccco6)c5)cc4)cc3C2=O)C(=O)N1. The molecule has 62 heavy (non-hydrogen) atoms. The normalized spacial score (nSPS) is 14.7. The number of nitrogens with zero attached hydrogens (tertiary/aromatic N) is 3. The van der Waals surface area contributed by atoms with Gasteiger partial charge < -0.3 is 29.3 Å². The van der Waals surface area contributed by atoms with E-state index >= 15 is 0 Å². The fourth-order valence-corrected chi connectivity index (χ4v) is 6.80. The van der Waals surface area contributed by atoms with Gasteiger partial charge in [-0.15, -0.1) is 0 Å². The predicted octanol–water partition coefficient (Wildman–Crippen LogP) is 4.19. The van der Waals surface area contributed by atoms with Crippen LogP contribution < -0.4 is 16.0 Å². The molecule has 1 unspecified atom stereocenters. The number of imide groups is 2. The van der Waals surface area contributed by atoms with Crippen molar-refractivity contribution in [3.63, 3.8) is 0 Å². The largest absolute Gasteiger partial charge is 0.463 e. The second-order valence-corrected chi connectivity index (χ2v) is 14.0. The van der Waals surface area contributed by atoms with Crippen LogP contribution >= 0.6 is 0 Å². The van der Waals surface area contributed by atoms with E-state index in [1.54, 1.807) is 42.7 Å². The number of ether oxygens (including phenoxy) is 3. The van der Waals surface area contributed by atoms with Gasteiger partial charge in [-0.25, -0.2) is 4.98 Å². The summed E-state index contributed by atoms with van der Waals surface area (Å²) in [5.41, 5.74) is 4.23. The maximum Gasteiger partial charge on any atom is 0.269 e. The molecular weight excluding hydrogens is 805 g/mol. The van der Waals surface area contributed by atoms with Gasteiger partial charge in [0.25, 0.3) is 29.3 Å². The molecule has 1 saturated heterocycles. The van der Waals surface area contributed by atoms with Crippen LogP contribution in [0.2, 0.25) is 0 Å². The van der Waals surface area contributed by atoms with Crippen molar-refractivity contribution in [3.05, 3.63) is 130 Å². The zero-order valence-corrected chi connectivity index (χ0v) is 33.1. The predicted molar refractivity (Wildman–Crippen MR) is 220 cm³/mol. The van der Waals surface area contributed by atoms with Crippen molar-refractivity contribution in [2.24, 2.45) is 0 Å². The zero-order chi connectivity index (χ0) is 43.6. The number of non-ortho nitro benzene ring substituents is 1. The summed E-state index contributed by atoms with van der Waals surface area (Å²) in [4.78, 5) is 91.4. The van der Waals surface area contributed by atoms with Gasteiger partial charge in [0, 0.05) is 48.3 Å². The minimum atomic E-state index is -1.09. The summed E-state index contributed by atoms with van der Waals surface area (Å²) < 4.78 is 22.2. The minimum Gasteiger partial charge on any atom is -0.463 e. The summed E-state index contributed by atoms with van der Waals surface area (Å²) >= 11 is 0. The van der Waals surface area contributed by atoms with E-state index < -0.39 is 40.5 Å². The molecular formula is C44H40N6O12. The van der Waals surface area contributed by atoms with E-state index in [0.29, 0.717) is 41.5 Å². The molecule has 0 aliphatic carbocycles. The highest BCUT2D eigenvalue weighted by atomic mass is 16.6. The second-order valence-electron chi connectivity index (χ2n) is 14.0. The number of carbonyl (C=O) groups excluding carboxylic acids is 6. The number of nitro groups is 1. The van der Waals surface area contributed by atoms with Gasteiger partial charge in [-0.1, -0.05) is 12.1 Å². The second kappa shape index (κ2) is 19.8. The van der Waals surface area contributed by atoms with Gasteiger partial charge in [0.05, 0.1) is 67.6 Å². The van der Waals surface area contributed by atoms with Gasteiger partial charge >= 0.3 is 0 Å². The van der Waals surface area contributed by atoms with Crippen LogP contribution in [0.5, 0.6) is 0 Å². The van der Waals surface area contributed by atoms with E-state index in [2.05, 4.69) is 16.0 Å². The average molecular weight is 845 g/mol. The molecule has 3 aromatic carbocycles. The lowest BCUT2D eigenvalue weighted by Gasteiger charge is -2.27. The standard InChI is InChI=1S/C44H40N6O12/c51-39-14-13-37(42(54)48-39)49-43(55)33-12-9-30(24-34(33)44(49)56)41(53)46-16-19-60-21-23-61-22-20-59-18-15-45-40(52)29-5-3-27(4-6-29)31-25-35(28-7-10-32(11-8-28)50(57)58)47-36(26-31)38-2-1-17-62-38/h1-12,17,24-26,37H,13-16,18-23H2,(H,45,52)(H,46,53)(H,48,51,54). The quantitative estimate of drug-likeness (QED) is 0.0458. The van der Waals surface area contributed by atoms with Crippen LogP contribution in [0.15, 0.2) is 102 Å². The highest BCUT2D eigenvalue weighted by molar-refractivity contribution is 6.24. The third kappa shape index (κ3) is 10.1. The summed E-state index contributed by atoms with van der Waals surface area (Å²) in [5, 5.41) is 18.8. The molecule has 318 valence electrons. The number of nitrogens with one attached hydrogen (secondary N) is 3. The third-order valence-electron chi connectivity index (χ3n) is 9.96. The fraction of sp³-hybridized carbons (Fsp3) is 0.250. The summed E-state index contributed by atoms with van der Waals surface area (Å²) in [6.45, 7) is 2.09. The molecule has 4 heterocycles. The first-order valence-corrected chi connectivity index (χ1v) is 19.6. The van der Waals surface area contributed by atoms with Crippen molar-refractivity contribution in [2.75, 3.05) is 52.7 Å². The summed E-state index contributed by atoms with van der Waals surface area (Å²) in [5.74, 6) is -2.70. The van der Waals surface area contributed by atoms with Crippen LogP contribution in [-0.2, 0) is 23.8 Å². The van der Waals surface area contributed by atoms with Gasteiger partial charge in [0.1, 0.15) is 11.7 Å². The number of pyridine rings is 1. The summed E-state index contributed by atoms with van der Waals surface area (Å²) in [6, 6.07) is 23.6. The number of aromatic nitrogens is 1. The molecule has 0 saturated carbocycles. The summed E-state index contributed by atoms with van der Waals surface area (Å²) in [6.07, 6.45) is 1.60. The Hall–Kier alpha value is -7.41. The molecule has 3 N–H and O–H groups in total. The van der Waals surface area contributed by atoms with Gasteiger partial charge in [-0.3, -0.25) is 49.1 Å². The van der Waals surface area contributed by atoms with Crippen LogP contribution in [-0.4, -0.2) is 109 Å². The van der Waals surface area contributed by atoms with Gasteiger partial charge in [-0.05, 0) is 84.3 Å². The molecule has 0 bridgehead atoms. The molecule has 1 atom stereocenters. The van der Waals surface area contributed by atoms with Crippen LogP contribution in [0, 0.1) is 10.1 Å². The third-order valence-corrected chi connectivity index (χ3v) is 9.96. The Morgan fingerprint density at radius 3 is 1.95 bits per heavy atom. The molecule has 2 aliphatic rings. The number of rotatable bonds is 19. The highest BCUT2D eigenvalue weighted by Gasteiger charge is 2.44. The van der Waals surface area contributed by atoms with E-state index in [4.69, 9.17) is 23.6 Å². The molecule has 2 aromatic heterocycles. The van der Waals surface area contributed by atoms with Crippen molar-refractivity contribution in [2.45, 2.75) is 18.9 Å². The van der Waals surface area contributed by atoms with E-state index in [1.807, 2.05) is 24.3 Å². The van der Waals surface area contributed by atoms with Crippen LogP contribution in [0.4, 0.5) is 5.69 Å². The molecule has 7 rings (SSSR count). The van der Waals surface area contributed by atoms with Crippen molar-refractivity contribution in [1.29, 1.82) is 0 Å². The number of nitro benzene ring substituents is 1. The zero-order valence-electron chi connectivity index (χ0n) is 33.1. The molecule has 5 aromatic rings.